The first-order chi connectivity index (χ1) is 14.1. The van der Waals surface area contributed by atoms with Crippen LogP contribution in [-0.2, 0) is 0 Å². The fourth-order valence-electron chi connectivity index (χ4n) is 3.32. The van der Waals surface area contributed by atoms with Gasteiger partial charge in [0.2, 0.25) is 5.88 Å². The van der Waals surface area contributed by atoms with Gasteiger partial charge < -0.3 is 14.5 Å². The van der Waals surface area contributed by atoms with Crippen LogP contribution in [0.2, 0.25) is 0 Å². The Balaban J connectivity index is 1.39. The Morgan fingerprint density at radius 1 is 1.14 bits per heavy atom. The smallest absolute Gasteiger partial charge is 0.272 e. The van der Waals surface area contributed by atoms with Crippen LogP contribution < -0.4 is 9.64 Å². The number of carbonyl (C=O) groups excluding carboxylic acids is 1. The first-order valence-electron chi connectivity index (χ1n) is 9.59. The Bertz CT molecular complexity index is 981. The second-order valence-corrected chi connectivity index (χ2v) is 6.72. The summed E-state index contributed by atoms with van der Waals surface area (Å²) in [6, 6.07) is 13.4. The zero-order valence-corrected chi connectivity index (χ0v) is 16.1. The van der Waals surface area contributed by atoms with Crippen LogP contribution >= 0.6 is 0 Å². The van der Waals surface area contributed by atoms with Crippen LogP contribution in [0.4, 0.5) is 10.2 Å². The summed E-state index contributed by atoms with van der Waals surface area (Å²) in [5.41, 5.74) is 1.80. The van der Waals surface area contributed by atoms with E-state index in [0.717, 1.165) is 11.4 Å². The lowest BCUT2D eigenvalue weighted by Crippen LogP contribution is -2.49. The van der Waals surface area contributed by atoms with Crippen molar-refractivity contribution in [3.8, 4) is 17.1 Å². The molecule has 0 radical (unpaired) electrons. The number of aromatic nitrogens is 3. The van der Waals surface area contributed by atoms with E-state index in [0.29, 0.717) is 50.1 Å². The van der Waals surface area contributed by atoms with E-state index in [-0.39, 0.29) is 11.7 Å². The maximum Gasteiger partial charge on any atom is 0.272 e. The lowest BCUT2D eigenvalue weighted by molar-refractivity contribution is 0.0740. The molecule has 8 heteroatoms. The molecule has 0 spiro atoms. The standard InChI is InChI=1S/C21H22FN5O2/c1-2-29-20-5-3-4-19(23-20)26-10-12-27(13-11-26)21(28)18-14-17(24-25-18)15-6-8-16(22)9-7-15/h3-9,14H,2,10-13H2,1H3,(H,24,25). The number of hydrogen-bond acceptors (Lipinski definition) is 5. The van der Waals surface area contributed by atoms with Crippen LogP contribution in [-0.4, -0.2) is 58.8 Å². The minimum absolute atomic E-state index is 0.0958. The number of ether oxygens (including phenoxy) is 1. The Labute approximate surface area is 168 Å². The molecule has 1 amide bonds. The molecule has 3 heterocycles. The number of rotatable bonds is 5. The minimum atomic E-state index is -0.306. The highest BCUT2D eigenvalue weighted by molar-refractivity contribution is 5.93. The fourth-order valence-corrected chi connectivity index (χ4v) is 3.32. The molecule has 0 saturated carbocycles. The molecule has 1 aliphatic rings. The number of aromatic amines is 1. The van der Waals surface area contributed by atoms with Gasteiger partial charge in [0, 0.05) is 37.8 Å². The van der Waals surface area contributed by atoms with Gasteiger partial charge in [-0.2, -0.15) is 10.1 Å². The highest BCUT2D eigenvalue weighted by Gasteiger charge is 2.24. The summed E-state index contributed by atoms with van der Waals surface area (Å²) in [5.74, 6) is 1.05. The molecule has 0 atom stereocenters. The predicted octanol–water partition coefficient (Wildman–Crippen LogP) is 2.97. The van der Waals surface area contributed by atoms with Crippen LogP contribution in [0, 0.1) is 5.82 Å². The summed E-state index contributed by atoms with van der Waals surface area (Å²) < 4.78 is 18.6. The third-order valence-corrected chi connectivity index (χ3v) is 4.84. The summed E-state index contributed by atoms with van der Waals surface area (Å²) in [6.07, 6.45) is 0. The van der Waals surface area contributed by atoms with Crippen molar-refractivity contribution in [3.05, 3.63) is 60.0 Å². The number of halogens is 1. The van der Waals surface area contributed by atoms with E-state index in [1.807, 2.05) is 25.1 Å². The maximum atomic E-state index is 13.1. The topological polar surface area (TPSA) is 74.3 Å². The van der Waals surface area contributed by atoms with Gasteiger partial charge in [-0.25, -0.2) is 4.39 Å². The van der Waals surface area contributed by atoms with E-state index in [2.05, 4.69) is 20.1 Å². The molecule has 1 saturated heterocycles. The molecule has 150 valence electrons. The van der Waals surface area contributed by atoms with Crippen LogP contribution in [0.5, 0.6) is 5.88 Å². The largest absolute Gasteiger partial charge is 0.478 e. The normalized spacial score (nSPS) is 14.1. The second kappa shape index (κ2) is 8.30. The number of amides is 1. The number of H-pyrrole nitrogens is 1. The quantitative estimate of drug-likeness (QED) is 0.719. The van der Waals surface area contributed by atoms with Crippen LogP contribution in [0.3, 0.4) is 0 Å². The van der Waals surface area contributed by atoms with Gasteiger partial charge in [-0.1, -0.05) is 6.07 Å². The van der Waals surface area contributed by atoms with Crippen LogP contribution in [0.25, 0.3) is 11.3 Å². The van der Waals surface area contributed by atoms with Crippen molar-refractivity contribution in [2.45, 2.75) is 6.92 Å². The van der Waals surface area contributed by atoms with Gasteiger partial charge in [-0.15, -0.1) is 0 Å². The molecule has 29 heavy (non-hydrogen) atoms. The zero-order chi connectivity index (χ0) is 20.2. The van der Waals surface area contributed by atoms with Crippen molar-refractivity contribution in [2.75, 3.05) is 37.7 Å². The van der Waals surface area contributed by atoms with Crippen molar-refractivity contribution in [2.24, 2.45) is 0 Å². The molecule has 1 N–H and O–H groups in total. The first-order valence-corrected chi connectivity index (χ1v) is 9.59. The number of anilines is 1. The van der Waals surface area contributed by atoms with E-state index in [9.17, 15) is 9.18 Å². The number of carbonyl (C=O) groups is 1. The van der Waals surface area contributed by atoms with Gasteiger partial charge >= 0.3 is 0 Å². The molecule has 0 unspecified atom stereocenters. The first kappa shape index (κ1) is 18.9. The molecule has 0 bridgehead atoms. The van der Waals surface area contributed by atoms with Crippen LogP contribution in [0.15, 0.2) is 48.5 Å². The molecular formula is C21H22FN5O2. The monoisotopic (exact) mass is 395 g/mol. The van der Waals surface area contributed by atoms with E-state index in [1.54, 1.807) is 23.1 Å². The van der Waals surface area contributed by atoms with Crippen molar-refractivity contribution in [3.63, 3.8) is 0 Å². The SMILES string of the molecule is CCOc1cccc(N2CCN(C(=O)c3cc(-c4ccc(F)cc4)n[nH]3)CC2)n1. The molecule has 1 aromatic carbocycles. The zero-order valence-electron chi connectivity index (χ0n) is 16.1. The van der Waals surface area contributed by atoms with Gasteiger partial charge in [0.15, 0.2) is 0 Å². The van der Waals surface area contributed by atoms with E-state index in [1.165, 1.54) is 12.1 Å². The average molecular weight is 395 g/mol. The highest BCUT2D eigenvalue weighted by Crippen LogP contribution is 2.21. The van der Waals surface area contributed by atoms with Crippen LogP contribution in [0.1, 0.15) is 17.4 Å². The maximum absolute atomic E-state index is 13.1. The van der Waals surface area contributed by atoms with Gasteiger partial charge in [0.05, 0.1) is 12.3 Å². The Kier molecular flexibility index (Phi) is 5.41. The van der Waals surface area contributed by atoms with E-state index < -0.39 is 0 Å². The Hall–Kier alpha value is -3.42. The summed E-state index contributed by atoms with van der Waals surface area (Å²) in [5, 5.41) is 7.00. The number of nitrogens with zero attached hydrogens (tertiary/aromatic N) is 4. The van der Waals surface area contributed by atoms with Gasteiger partial charge in [0.25, 0.3) is 5.91 Å². The van der Waals surface area contributed by atoms with Crippen molar-refractivity contribution < 1.29 is 13.9 Å². The lowest BCUT2D eigenvalue weighted by Gasteiger charge is -2.35. The summed E-state index contributed by atoms with van der Waals surface area (Å²) in [6.45, 7) is 5.05. The molecule has 2 aromatic heterocycles. The third kappa shape index (κ3) is 4.21. The number of benzene rings is 1. The van der Waals surface area contributed by atoms with Gasteiger partial charge in [-0.05, 0) is 43.3 Å². The van der Waals surface area contributed by atoms with E-state index >= 15 is 0 Å². The number of pyridine rings is 1. The molecular weight excluding hydrogens is 373 g/mol. The molecule has 1 aliphatic heterocycles. The third-order valence-electron chi connectivity index (χ3n) is 4.84. The average Bonchev–Trinajstić information content (AvgIpc) is 3.25. The van der Waals surface area contributed by atoms with Crippen molar-refractivity contribution in [1.29, 1.82) is 0 Å². The van der Waals surface area contributed by atoms with Gasteiger partial charge in [-0.3, -0.25) is 9.89 Å². The number of hydrogen-bond donors (Lipinski definition) is 1. The Morgan fingerprint density at radius 2 is 1.90 bits per heavy atom. The number of nitrogens with one attached hydrogen (secondary N) is 1. The second-order valence-electron chi connectivity index (χ2n) is 6.72. The van der Waals surface area contributed by atoms with Gasteiger partial charge in [0.1, 0.15) is 17.3 Å². The summed E-state index contributed by atoms with van der Waals surface area (Å²) in [4.78, 5) is 21.3. The lowest BCUT2D eigenvalue weighted by atomic mass is 10.1. The molecule has 7 nitrogen and oxygen atoms in total. The molecule has 1 fully saturated rings. The highest BCUT2D eigenvalue weighted by atomic mass is 19.1. The van der Waals surface area contributed by atoms with E-state index in [4.69, 9.17) is 4.74 Å². The Morgan fingerprint density at radius 3 is 2.62 bits per heavy atom. The fraction of sp³-hybridized carbons (Fsp3) is 0.286. The minimum Gasteiger partial charge on any atom is -0.478 e. The molecule has 0 aliphatic carbocycles. The predicted molar refractivity (Wildman–Crippen MR) is 108 cm³/mol. The number of piperazine rings is 1. The molecule has 4 rings (SSSR count). The summed E-state index contributed by atoms with van der Waals surface area (Å²) in [7, 11) is 0. The van der Waals surface area contributed by atoms with Crippen molar-refractivity contribution in [1.82, 2.24) is 20.1 Å². The summed E-state index contributed by atoms with van der Waals surface area (Å²) >= 11 is 0. The molecule has 3 aromatic rings. The van der Waals surface area contributed by atoms with Crippen molar-refractivity contribution >= 4 is 11.7 Å².